The lowest BCUT2D eigenvalue weighted by Gasteiger charge is -2.15. The molecule has 0 heterocycles. The van der Waals surface area contributed by atoms with Crippen LogP contribution in [0.5, 0.6) is 5.75 Å². The van der Waals surface area contributed by atoms with Crippen molar-refractivity contribution in [1.82, 2.24) is 4.72 Å². The molecule has 0 fully saturated rings. The van der Waals surface area contributed by atoms with Crippen LogP contribution in [0.25, 0.3) is 0 Å². The van der Waals surface area contributed by atoms with Crippen molar-refractivity contribution >= 4 is 44.8 Å². The van der Waals surface area contributed by atoms with E-state index in [1.807, 2.05) is 0 Å². The zero-order valence-corrected chi connectivity index (χ0v) is 17.3. The lowest BCUT2D eigenvalue weighted by Crippen LogP contribution is -2.31. The van der Waals surface area contributed by atoms with Gasteiger partial charge < -0.3 is 10.1 Å². The molecule has 0 saturated heterocycles. The molecule has 0 aliphatic carbocycles. The highest BCUT2D eigenvalue weighted by Crippen LogP contribution is 2.27. The molecule has 0 aliphatic rings. The second-order valence-corrected chi connectivity index (χ2v) is 8.65. The first-order chi connectivity index (χ1) is 12.6. The molecule has 1 atom stereocenters. The first-order valence-corrected chi connectivity index (χ1v) is 10.4. The minimum Gasteiger partial charge on any atom is -0.481 e. The van der Waals surface area contributed by atoms with Crippen LogP contribution in [0.15, 0.2) is 47.4 Å². The van der Waals surface area contributed by atoms with Crippen molar-refractivity contribution in [2.24, 2.45) is 0 Å². The summed E-state index contributed by atoms with van der Waals surface area (Å²) in [6.07, 6.45) is -0.798. The number of nitrogens with one attached hydrogen (secondary N) is 2. The Morgan fingerprint density at radius 2 is 1.63 bits per heavy atom. The Morgan fingerprint density at radius 3 is 2.19 bits per heavy atom. The first kappa shape index (κ1) is 21.5. The lowest BCUT2D eigenvalue weighted by molar-refractivity contribution is -0.122. The maximum Gasteiger partial charge on any atom is 0.265 e. The van der Waals surface area contributed by atoms with Crippen molar-refractivity contribution in [3.63, 3.8) is 0 Å². The van der Waals surface area contributed by atoms with E-state index in [9.17, 15) is 13.2 Å². The summed E-state index contributed by atoms with van der Waals surface area (Å²) in [4.78, 5) is 12.4. The molecule has 0 aromatic heterocycles. The van der Waals surface area contributed by atoms with Gasteiger partial charge in [-0.2, -0.15) is 0 Å². The largest absolute Gasteiger partial charge is 0.481 e. The van der Waals surface area contributed by atoms with Gasteiger partial charge in [-0.25, -0.2) is 13.1 Å². The number of ether oxygens (including phenoxy) is 1. The van der Waals surface area contributed by atoms with E-state index in [0.29, 0.717) is 21.5 Å². The van der Waals surface area contributed by atoms with Crippen LogP contribution in [0.1, 0.15) is 20.8 Å². The number of amides is 1. The number of rotatable bonds is 7. The summed E-state index contributed by atoms with van der Waals surface area (Å²) < 4.78 is 32.2. The third kappa shape index (κ3) is 6.10. The molecular formula is C18H20Cl2N2O4S. The minimum absolute atomic E-state index is 0.120. The second-order valence-electron chi connectivity index (χ2n) is 6.13. The van der Waals surface area contributed by atoms with E-state index >= 15 is 0 Å². The maximum atomic E-state index is 12.3. The normalized spacial score (nSPS) is 12.7. The first-order valence-electron chi connectivity index (χ1n) is 8.13. The van der Waals surface area contributed by atoms with E-state index in [-0.39, 0.29) is 10.9 Å². The van der Waals surface area contributed by atoms with Crippen LogP contribution >= 0.6 is 23.2 Å². The fourth-order valence-electron chi connectivity index (χ4n) is 2.15. The molecule has 1 unspecified atom stereocenters. The second kappa shape index (κ2) is 8.93. The lowest BCUT2D eigenvalue weighted by atomic mass is 10.3. The van der Waals surface area contributed by atoms with Crippen LogP contribution < -0.4 is 14.8 Å². The molecule has 0 saturated carbocycles. The zero-order chi connectivity index (χ0) is 20.2. The highest BCUT2D eigenvalue weighted by Gasteiger charge is 2.17. The van der Waals surface area contributed by atoms with E-state index in [1.54, 1.807) is 32.9 Å². The Labute approximate surface area is 168 Å². The van der Waals surface area contributed by atoms with Gasteiger partial charge in [0, 0.05) is 17.8 Å². The number of carbonyl (C=O) groups excluding carboxylic acids is 1. The van der Waals surface area contributed by atoms with Gasteiger partial charge in [0.15, 0.2) is 6.10 Å². The molecule has 146 valence electrons. The predicted octanol–water partition coefficient (Wildman–Crippen LogP) is 4.09. The summed E-state index contributed by atoms with van der Waals surface area (Å²) in [7, 11) is -3.58. The average Bonchev–Trinajstić information content (AvgIpc) is 2.57. The molecule has 27 heavy (non-hydrogen) atoms. The van der Waals surface area contributed by atoms with Gasteiger partial charge in [-0.3, -0.25) is 4.79 Å². The molecule has 2 rings (SSSR count). The number of halogens is 2. The highest BCUT2D eigenvalue weighted by atomic mass is 35.5. The Bertz CT molecular complexity index is 915. The predicted molar refractivity (Wildman–Crippen MR) is 107 cm³/mol. The van der Waals surface area contributed by atoms with Gasteiger partial charge in [-0.15, -0.1) is 0 Å². The van der Waals surface area contributed by atoms with Gasteiger partial charge in [-0.05, 0) is 57.2 Å². The molecular weight excluding hydrogens is 411 g/mol. The van der Waals surface area contributed by atoms with Crippen LogP contribution in [0.2, 0.25) is 10.0 Å². The number of benzene rings is 2. The van der Waals surface area contributed by atoms with Gasteiger partial charge in [-0.1, -0.05) is 23.2 Å². The molecule has 6 nitrogen and oxygen atoms in total. The van der Waals surface area contributed by atoms with E-state index in [1.165, 1.54) is 30.3 Å². The van der Waals surface area contributed by atoms with E-state index in [2.05, 4.69) is 10.0 Å². The monoisotopic (exact) mass is 430 g/mol. The summed E-state index contributed by atoms with van der Waals surface area (Å²) in [6, 6.07) is 10.4. The van der Waals surface area contributed by atoms with Gasteiger partial charge in [0.05, 0.1) is 14.9 Å². The molecule has 1 amide bonds. The van der Waals surface area contributed by atoms with Crippen LogP contribution in [0.3, 0.4) is 0 Å². The topological polar surface area (TPSA) is 84.5 Å². The van der Waals surface area contributed by atoms with Crippen molar-refractivity contribution in [1.29, 1.82) is 0 Å². The van der Waals surface area contributed by atoms with Gasteiger partial charge in [0.25, 0.3) is 5.91 Å². The molecule has 0 radical (unpaired) electrons. The van der Waals surface area contributed by atoms with Crippen LogP contribution in [0.4, 0.5) is 5.69 Å². The third-order valence-electron chi connectivity index (χ3n) is 3.40. The molecule has 2 aromatic rings. The minimum atomic E-state index is -3.58. The van der Waals surface area contributed by atoms with Gasteiger partial charge in [0.1, 0.15) is 5.75 Å². The van der Waals surface area contributed by atoms with Crippen molar-refractivity contribution in [3.8, 4) is 5.75 Å². The molecule has 2 aromatic carbocycles. The molecule has 9 heteroatoms. The Hall–Kier alpha value is -1.80. The van der Waals surface area contributed by atoms with Crippen molar-refractivity contribution in [2.75, 3.05) is 5.32 Å². The summed E-state index contributed by atoms with van der Waals surface area (Å²) in [5.41, 5.74) is 0.452. The fraction of sp³-hybridized carbons (Fsp3) is 0.278. The Balaban J connectivity index is 2.01. The number of hydrogen-bond donors (Lipinski definition) is 2. The Kier molecular flexibility index (Phi) is 7.11. The zero-order valence-electron chi connectivity index (χ0n) is 15.0. The summed E-state index contributed by atoms with van der Waals surface area (Å²) >= 11 is 11.8. The van der Waals surface area contributed by atoms with Crippen LogP contribution in [0, 0.1) is 0 Å². The SMILES string of the molecule is CC(C)NS(=O)(=O)c1ccc(NC(=O)C(C)Oc2ccc(Cl)c(Cl)c2)cc1. The van der Waals surface area contributed by atoms with Crippen molar-refractivity contribution in [2.45, 2.75) is 37.8 Å². The van der Waals surface area contributed by atoms with E-state index in [4.69, 9.17) is 27.9 Å². The third-order valence-corrected chi connectivity index (χ3v) is 5.81. The molecule has 0 spiro atoms. The Morgan fingerprint density at radius 1 is 1.00 bits per heavy atom. The van der Waals surface area contributed by atoms with Gasteiger partial charge in [0.2, 0.25) is 10.0 Å². The van der Waals surface area contributed by atoms with Crippen molar-refractivity contribution in [3.05, 3.63) is 52.5 Å². The van der Waals surface area contributed by atoms with Crippen molar-refractivity contribution < 1.29 is 17.9 Å². The smallest absolute Gasteiger partial charge is 0.265 e. The molecule has 2 N–H and O–H groups in total. The molecule has 0 aliphatic heterocycles. The number of carbonyl (C=O) groups is 1. The van der Waals surface area contributed by atoms with Crippen LogP contribution in [-0.4, -0.2) is 26.5 Å². The maximum absolute atomic E-state index is 12.3. The summed E-state index contributed by atoms with van der Waals surface area (Å²) in [5, 5.41) is 3.39. The fourth-order valence-corrected chi connectivity index (χ4v) is 3.69. The summed E-state index contributed by atoms with van der Waals surface area (Å²) in [6.45, 7) is 5.06. The average molecular weight is 431 g/mol. The quantitative estimate of drug-likeness (QED) is 0.692. The van der Waals surface area contributed by atoms with E-state index in [0.717, 1.165) is 0 Å². The number of hydrogen-bond acceptors (Lipinski definition) is 4. The number of sulfonamides is 1. The molecule has 0 bridgehead atoms. The van der Waals surface area contributed by atoms with Gasteiger partial charge >= 0.3 is 0 Å². The van der Waals surface area contributed by atoms with E-state index < -0.39 is 22.0 Å². The highest BCUT2D eigenvalue weighted by molar-refractivity contribution is 7.89. The standard InChI is InChI=1S/C18H20Cl2N2O4S/c1-11(2)22-27(24,25)15-7-4-13(5-8-15)21-18(23)12(3)26-14-6-9-16(19)17(20)10-14/h4-12,22H,1-3H3,(H,21,23). The summed E-state index contributed by atoms with van der Waals surface area (Å²) in [5.74, 6) is 0.0187. The number of anilines is 1. The van der Waals surface area contributed by atoms with Crippen LogP contribution in [-0.2, 0) is 14.8 Å².